The molecule has 39 heavy (non-hydrogen) atoms. The molecule has 1 heterocycles. The van der Waals surface area contributed by atoms with E-state index in [1.165, 1.54) is 30.3 Å². The Labute approximate surface area is 216 Å². The summed E-state index contributed by atoms with van der Waals surface area (Å²) < 4.78 is 115. The van der Waals surface area contributed by atoms with Crippen molar-refractivity contribution in [2.75, 3.05) is 0 Å². The topological polar surface area (TPSA) is 122 Å². The molecule has 206 valence electrons. The van der Waals surface area contributed by atoms with Crippen LogP contribution < -0.4 is 10.5 Å². The van der Waals surface area contributed by atoms with Gasteiger partial charge in [-0.1, -0.05) is 18.2 Å². The average Bonchev–Trinajstić information content (AvgIpc) is 3.28. The second-order valence-electron chi connectivity index (χ2n) is 8.44. The molecule has 14 heteroatoms. The van der Waals surface area contributed by atoms with Crippen molar-refractivity contribution < 1.29 is 49.4 Å². The van der Waals surface area contributed by atoms with E-state index in [1.807, 2.05) is 0 Å². The van der Waals surface area contributed by atoms with Gasteiger partial charge in [0.15, 0.2) is 5.75 Å². The maximum atomic E-state index is 13.9. The lowest BCUT2D eigenvalue weighted by Gasteiger charge is -2.21. The first kappa shape index (κ1) is 28.0. The first-order chi connectivity index (χ1) is 18.1. The number of ether oxygens (including phenoxy) is 1. The number of carboxylic acid groups (broad SMARTS) is 1. The van der Waals surface area contributed by atoms with E-state index in [2.05, 4.69) is 4.98 Å². The van der Waals surface area contributed by atoms with Crippen molar-refractivity contribution in [3.63, 3.8) is 0 Å². The number of nitrogens with one attached hydrogen (secondary N) is 1. The molecule has 1 aromatic heterocycles. The molecule has 0 bridgehead atoms. The number of aromatic nitrogens is 1. The molecular formula is C25H18F6N2O5S. The minimum atomic E-state index is -5.33. The third-order valence-corrected chi connectivity index (χ3v) is 7.52. The molecule has 0 amide bonds. The monoisotopic (exact) mass is 572 g/mol. The van der Waals surface area contributed by atoms with Crippen LogP contribution in [0.1, 0.15) is 16.7 Å². The summed E-state index contributed by atoms with van der Waals surface area (Å²) in [5, 5.41) is 8.91. The van der Waals surface area contributed by atoms with E-state index in [-0.39, 0.29) is 20.7 Å². The SMILES string of the molecule is N[C@H](Cc1cc(C(F)(F)F)c(Oc2ccc3[nH]cc(S(=O)(=O)c4ccccc4)c3c2)c(C(F)(F)F)c1)C(=O)O. The number of carbonyl (C=O) groups is 1. The van der Waals surface area contributed by atoms with Gasteiger partial charge < -0.3 is 20.6 Å². The van der Waals surface area contributed by atoms with Gasteiger partial charge in [-0.05, 0) is 54.4 Å². The van der Waals surface area contributed by atoms with Gasteiger partial charge in [0.25, 0.3) is 0 Å². The van der Waals surface area contributed by atoms with Gasteiger partial charge >= 0.3 is 18.3 Å². The molecule has 4 rings (SSSR count). The number of hydrogen-bond acceptors (Lipinski definition) is 5. The molecule has 0 aliphatic rings. The van der Waals surface area contributed by atoms with Crippen LogP contribution in [-0.2, 0) is 33.4 Å². The Bertz CT molecular complexity index is 1610. The average molecular weight is 572 g/mol. The highest BCUT2D eigenvalue weighted by Gasteiger charge is 2.43. The Morgan fingerprint density at radius 2 is 1.54 bits per heavy atom. The van der Waals surface area contributed by atoms with Crippen LogP contribution in [0.4, 0.5) is 26.3 Å². The molecule has 0 aliphatic heterocycles. The number of benzene rings is 3. The number of rotatable bonds is 7. The Morgan fingerprint density at radius 1 is 0.949 bits per heavy atom. The zero-order valence-electron chi connectivity index (χ0n) is 19.5. The molecule has 0 saturated heterocycles. The van der Waals surface area contributed by atoms with E-state index >= 15 is 0 Å². The highest BCUT2D eigenvalue weighted by atomic mass is 32.2. The minimum absolute atomic E-state index is 0.0254. The number of aromatic amines is 1. The Kier molecular flexibility index (Phi) is 7.12. The minimum Gasteiger partial charge on any atom is -0.480 e. The molecule has 7 nitrogen and oxygen atoms in total. The number of halogens is 6. The van der Waals surface area contributed by atoms with Gasteiger partial charge in [0.05, 0.1) is 20.9 Å². The van der Waals surface area contributed by atoms with Crippen LogP contribution in [0, 0.1) is 0 Å². The Balaban J connectivity index is 1.86. The second kappa shape index (κ2) is 9.93. The van der Waals surface area contributed by atoms with Crippen molar-refractivity contribution in [3.05, 3.63) is 83.6 Å². The maximum absolute atomic E-state index is 13.9. The standard InChI is InChI=1S/C25H18F6N2O5S/c26-24(27,28)17-8-13(10-19(32)23(34)35)9-18(25(29,30)31)22(17)38-14-6-7-20-16(11-14)21(12-33-20)39(36,37)15-4-2-1-3-5-15/h1-9,11-12,19,33H,10,32H2,(H,34,35)/t19-/m1/s1. The van der Waals surface area contributed by atoms with Crippen LogP contribution in [0.15, 0.2) is 76.7 Å². The zero-order chi connectivity index (χ0) is 28.8. The first-order valence-electron chi connectivity index (χ1n) is 11.0. The van der Waals surface area contributed by atoms with Crippen LogP contribution in [0.2, 0.25) is 0 Å². The number of sulfone groups is 1. The molecule has 0 fully saturated rings. The summed E-state index contributed by atoms with van der Waals surface area (Å²) in [7, 11) is -4.11. The van der Waals surface area contributed by atoms with Crippen molar-refractivity contribution in [1.82, 2.24) is 4.98 Å². The fraction of sp³-hybridized carbons (Fsp3) is 0.160. The van der Waals surface area contributed by atoms with Gasteiger partial charge in [-0.25, -0.2) is 8.42 Å². The maximum Gasteiger partial charge on any atom is 0.420 e. The largest absolute Gasteiger partial charge is 0.480 e. The third kappa shape index (κ3) is 5.71. The number of carboxylic acids is 1. The second-order valence-corrected chi connectivity index (χ2v) is 10.4. The predicted octanol–water partition coefficient (Wildman–Crippen LogP) is 5.79. The summed E-state index contributed by atoms with van der Waals surface area (Å²) in [5.74, 6) is -3.69. The summed E-state index contributed by atoms with van der Waals surface area (Å²) in [6.45, 7) is 0. The zero-order valence-corrected chi connectivity index (χ0v) is 20.3. The van der Waals surface area contributed by atoms with E-state index in [0.29, 0.717) is 12.1 Å². The van der Waals surface area contributed by atoms with Crippen LogP contribution in [-0.4, -0.2) is 30.5 Å². The molecule has 4 N–H and O–H groups in total. The normalized spacial score (nSPS) is 13.4. The Hall–Kier alpha value is -4.04. The Morgan fingerprint density at radius 3 is 2.08 bits per heavy atom. The predicted molar refractivity (Wildman–Crippen MR) is 126 cm³/mol. The van der Waals surface area contributed by atoms with Crippen molar-refractivity contribution in [2.45, 2.75) is 34.6 Å². The first-order valence-corrected chi connectivity index (χ1v) is 12.5. The van der Waals surface area contributed by atoms with Crippen molar-refractivity contribution in [3.8, 4) is 11.5 Å². The lowest BCUT2D eigenvalue weighted by atomic mass is 9.98. The smallest absolute Gasteiger partial charge is 0.420 e. The van der Waals surface area contributed by atoms with E-state index in [9.17, 15) is 39.6 Å². The number of alkyl halides is 6. The number of nitrogens with two attached hydrogens (primary N) is 1. The van der Waals surface area contributed by atoms with Gasteiger partial charge in [-0.3, -0.25) is 4.79 Å². The highest BCUT2D eigenvalue weighted by molar-refractivity contribution is 7.91. The molecule has 0 saturated carbocycles. The highest BCUT2D eigenvalue weighted by Crippen LogP contribution is 2.47. The van der Waals surface area contributed by atoms with E-state index in [0.717, 1.165) is 18.3 Å². The fourth-order valence-corrected chi connectivity index (χ4v) is 5.33. The number of fused-ring (bicyclic) bond motifs is 1. The fourth-order valence-electron chi connectivity index (χ4n) is 3.88. The third-order valence-electron chi connectivity index (χ3n) is 5.71. The molecule has 0 radical (unpaired) electrons. The summed E-state index contributed by atoms with van der Waals surface area (Å²) in [6.07, 6.45) is -10.3. The van der Waals surface area contributed by atoms with E-state index in [1.54, 1.807) is 6.07 Å². The molecule has 4 aromatic rings. The van der Waals surface area contributed by atoms with Gasteiger partial charge in [-0.2, -0.15) is 26.3 Å². The van der Waals surface area contributed by atoms with E-state index in [4.69, 9.17) is 15.6 Å². The number of H-pyrrole nitrogens is 1. The summed E-state index contributed by atoms with van der Waals surface area (Å²) in [4.78, 5) is 13.4. The summed E-state index contributed by atoms with van der Waals surface area (Å²) >= 11 is 0. The quantitative estimate of drug-likeness (QED) is 0.241. The van der Waals surface area contributed by atoms with Gasteiger partial charge in [0.1, 0.15) is 11.8 Å². The molecule has 1 atom stereocenters. The lowest BCUT2D eigenvalue weighted by molar-refractivity contribution is -0.145. The lowest BCUT2D eigenvalue weighted by Crippen LogP contribution is -2.32. The van der Waals surface area contributed by atoms with Gasteiger partial charge in [0.2, 0.25) is 9.84 Å². The summed E-state index contributed by atoms with van der Waals surface area (Å²) in [6, 6.07) is 9.49. The molecule has 0 spiro atoms. The number of hydrogen-bond donors (Lipinski definition) is 3. The van der Waals surface area contributed by atoms with Crippen molar-refractivity contribution in [1.29, 1.82) is 0 Å². The molecule has 0 aliphatic carbocycles. The van der Waals surface area contributed by atoms with E-state index < -0.39 is 68.8 Å². The summed E-state index contributed by atoms with van der Waals surface area (Å²) in [5.41, 5.74) is 1.32. The number of aliphatic carboxylic acids is 1. The van der Waals surface area contributed by atoms with Crippen LogP contribution in [0.3, 0.4) is 0 Å². The molecule has 0 unspecified atom stereocenters. The molecular weight excluding hydrogens is 554 g/mol. The van der Waals surface area contributed by atoms with Crippen molar-refractivity contribution in [2.24, 2.45) is 5.73 Å². The molecule has 3 aromatic carbocycles. The van der Waals surface area contributed by atoms with Crippen LogP contribution in [0.25, 0.3) is 10.9 Å². The van der Waals surface area contributed by atoms with Gasteiger partial charge in [-0.15, -0.1) is 0 Å². The van der Waals surface area contributed by atoms with Crippen LogP contribution >= 0.6 is 0 Å². The van der Waals surface area contributed by atoms with Crippen molar-refractivity contribution >= 4 is 26.7 Å². The van der Waals surface area contributed by atoms with Crippen LogP contribution in [0.5, 0.6) is 11.5 Å². The van der Waals surface area contributed by atoms with Gasteiger partial charge in [0, 0.05) is 17.1 Å².